The van der Waals surface area contributed by atoms with E-state index in [1.54, 1.807) is 0 Å². The summed E-state index contributed by atoms with van der Waals surface area (Å²) >= 11 is 0. The van der Waals surface area contributed by atoms with Gasteiger partial charge in [0.2, 0.25) is 0 Å². The molecule has 0 fully saturated rings. The normalized spacial score (nSPS) is 11.3. The molecule has 1 unspecified atom stereocenters. The number of amides is 1. The second-order valence-corrected chi connectivity index (χ2v) is 6.51. The van der Waals surface area contributed by atoms with Crippen LogP contribution < -0.4 is 10.1 Å². The van der Waals surface area contributed by atoms with Crippen molar-refractivity contribution in [2.75, 3.05) is 13.7 Å². The van der Waals surface area contributed by atoms with E-state index < -0.39 is 12.0 Å². The number of hydrogen-bond acceptors (Lipinski definition) is 4. The Balaban J connectivity index is 1.55. The molecule has 0 aliphatic carbocycles. The van der Waals surface area contributed by atoms with Gasteiger partial charge >= 0.3 is 5.97 Å². The van der Waals surface area contributed by atoms with Crippen LogP contribution in [0.5, 0.6) is 5.75 Å². The molecular weight excluding hydrogens is 366 g/mol. The maximum Gasteiger partial charge on any atom is 0.328 e. The second kappa shape index (κ2) is 10.1. The van der Waals surface area contributed by atoms with Gasteiger partial charge in [-0.25, -0.2) is 4.79 Å². The van der Waals surface area contributed by atoms with Crippen molar-refractivity contribution in [3.8, 4) is 16.9 Å². The van der Waals surface area contributed by atoms with Gasteiger partial charge in [0.25, 0.3) is 5.91 Å². The minimum absolute atomic E-state index is 0.188. The number of carbonyl (C=O) groups is 2. The van der Waals surface area contributed by atoms with Gasteiger partial charge in [-0.3, -0.25) is 4.79 Å². The van der Waals surface area contributed by atoms with E-state index >= 15 is 0 Å². The van der Waals surface area contributed by atoms with E-state index in [1.807, 2.05) is 84.9 Å². The van der Waals surface area contributed by atoms with Crippen molar-refractivity contribution in [2.24, 2.45) is 0 Å². The average Bonchev–Trinajstić information content (AvgIpc) is 2.78. The van der Waals surface area contributed by atoms with Crippen LogP contribution >= 0.6 is 0 Å². The van der Waals surface area contributed by atoms with Crippen LogP contribution in [0.3, 0.4) is 0 Å². The predicted octanol–water partition coefficient (Wildman–Crippen LogP) is 3.63. The summed E-state index contributed by atoms with van der Waals surface area (Å²) in [4.78, 5) is 24.3. The molecule has 1 N–H and O–H groups in total. The molecule has 0 saturated carbocycles. The summed E-state index contributed by atoms with van der Waals surface area (Å²) in [5.41, 5.74) is 3.11. The lowest BCUT2D eigenvalue weighted by Crippen LogP contribution is -2.44. The molecule has 0 spiro atoms. The van der Waals surface area contributed by atoms with E-state index in [2.05, 4.69) is 5.32 Å². The summed E-state index contributed by atoms with van der Waals surface area (Å²) in [7, 11) is 1.30. The Hall–Kier alpha value is -3.60. The highest BCUT2D eigenvalue weighted by atomic mass is 16.5. The van der Waals surface area contributed by atoms with E-state index in [0.717, 1.165) is 16.7 Å². The van der Waals surface area contributed by atoms with Gasteiger partial charge in [-0.1, -0.05) is 72.8 Å². The Kier molecular flexibility index (Phi) is 7.00. The third-order valence-corrected chi connectivity index (χ3v) is 4.43. The summed E-state index contributed by atoms with van der Waals surface area (Å²) in [6, 6.07) is 26.2. The smallest absolute Gasteiger partial charge is 0.328 e. The van der Waals surface area contributed by atoms with Gasteiger partial charge in [-0.05, 0) is 28.8 Å². The van der Waals surface area contributed by atoms with E-state index in [0.29, 0.717) is 12.2 Å². The first-order chi connectivity index (χ1) is 14.2. The summed E-state index contributed by atoms with van der Waals surface area (Å²) in [5, 5.41) is 2.69. The SMILES string of the molecule is COC(=O)C(Cc1ccccc1)NC(=O)COc1ccc(-c2ccccc2)cc1. The van der Waals surface area contributed by atoms with E-state index in [-0.39, 0.29) is 12.5 Å². The van der Waals surface area contributed by atoms with Crippen LogP contribution in [-0.4, -0.2) is 31.6 Å². The van der Waals surface area contributed by atoms with Crippen molar-refractivity contribution in [1.29, 1.82) is 0 Å². The first kappa shape index (κ1) is 20.1. The fourth-order valence-corrected chi connectivity index (χ4v) is 2.94. The Labute approximate surface area is 170 Å². The molecule has 0 aromatic heterocycles. The average molecular weight is 389 g/mol. The van der Waals surface area contributed by atoms with Crippen LogP contribution in [0.15, 0.2) is 84.9 Å². The van der Waals surface area contributed by atoms with E-state index in [9.17, 15) is 9.59 Å². The first-order valence-corrected chi connectivity index (χ1v) is 9.35. The molecule has 29 heavy (non-hydrogen) atoms. The first-order valence-electron chi connectivity index (χ1n) is 9.35. The van der Waals surface area contributed by atoms with Gasteiger partial charge in [-0.2, -0.15) is 0 Å². The van der Waals surface area contributed by atoms with Gasteiger partial charge in [0.05, 0.1) is 7.11 Å². The number of esters is 1. The van der Waals surface area contributed by atoms with Gasteiger partial charge in [0.1, 0.15) is 11.8 Å². The molecule has 0 saturated heterocycles. The van der Waals surface area contributed by atoms with Crippen LogP contribution in [0.1, 0.15) is 5.56 Å². The van der Waals surface area contributed by atoms with Crippen molar-refractivity contribution in [1.82, 2.24) is 5.32 Å². The maximum absolute atomic E-state index is 12.3. The van der Waals surface area contributed by atoms with Gasteiger partial charge in [-0.15, -0.1) is 0 Å². The molecule has 148 valence electrons. The third-order valence-electron chi connectivity index (χ3n) is 4.43. The lowest BCUT2D eigenvalue weighted by molar-refractivity contribution is -0.145. The Morgan fingerprint density at radius 1 is 0.828 bits per heavy atom. The lowest BCUT2D eigenvalue weighted by Gasteiger charge is -2.17. The molecule has 0 aliphatic heterocycles. The lowest BCUT2D eigenvalue weighted by atomic mass is 10.1. The van der Waals surface area contributed by atoms with Crippen molar-refractivity contribution in [3.63, 3.8) is 0 Å². The number of benzene rings is 3. The fraction of sp³-hybridized carbons (Fsp3) is 0.167. The van der Waals surface area contributed by atoms with Crippen molar-refractivity contribution in [2.45, 2.75) is 12.5 Å². The second-order valence-electron chi connectivity index (χ2n) is 6.51. The molecule has 0 bridgehead atoms. The molecule has 3 aromatic rings. The number of ether oxygens (including phenoxy) is 2. The Bertz CT molecular complexity index is 924. The van der Waals surface area contributed by atoms with E-state index in [4.69, 9.17) is 9.47 Å². The molecular formula is C24H23NO4. The molecule has 5 nitrogen and oxygen atoms in total. The summed E-state index contributed by atoms with van der Waals surface area (Å²) < 4.78 is 10.4. The zero-order chi connectivity index (χ0) is 20.5. The summed E-state index contributed by atoms with van der Waals surface area (Å²) in [5.74, 6) is -0.296. The number of methoxy groups -OCH3 is 1. The zero-order valence-corrected chi connectivity index (χ0v) is 16.2. The van der Waals surface area contributed by atoms with Crippen molar-refractivity contribution < 1.29 is 19.1 Å². The van der Waals surface area contributed by atoms with Gasteiger partial charge in [0, 0.05) is 6.42 Å². The Morgan fingerprint density at radius 3 is 2.03 bits per heavy atom. The van der Waals surface area contributed by atoms with Crippen LogP contribution in [0.2, 0.25) is 0 Å². The molecule has 3 rings (SSSR count). The standard InChI is InChI=1S/C24H23NO4/c1-28-24(27)22(16-18-8-4-2-5-9-18)25-23(26)17-29-21-14-12-20(13-15-21)19-10-6-3-7-11-19/h2-15,22H,16-17H2,1H3,(H,25,26). The highest BCUT2D eigenvalue weighted by Gasteiger charge is 2.22. The molecule has 1 amide bonds. The van der Waals surface area contributed by atoms with Gasteiger partial charge < -0.3 is 14.8 Å². The molecule has 1 atom stereocenters. The predicted molar refractivity (Wildman–Crippen MR) is 111 cm³/mol. The zero-order valence-electron chi connectivity index (χ0n) is 16.2. The summed E-state index contributed by atoms with van der Waals surface area (Å²) in [6.45, 7) is -0.188. The summed E-state index contributed by atoms with van der Waals surface area (Å²) in [6.07, 6.45) is 0.352. The van der Waals surface area contributed by atoms with Crippen LogP contribution in [0.4, 0.5) is 0 Å². The van der Waals surface area contributed by atoms with Crippen LogP contribution in [-0.2, 0) is 20.7 Å². The molecule has 0 aliphatic rings. The van der Waals surface area contributed by atoms with Gasteiger partial charge in [0.15, 0.2) is 6.61 Å². The number of rotatable bonds is 8. The maximum atomic E-state index is 12.3. The quantitative estimate of drug-likeness (QED) is 0.598. The molecule has 0 heterocycles. The number of carbonyl (C=O) groups excluding carboxylic acids is 2. The van der Waals surface area contributed by atoms with Crippen molar-refractivity contribution >= 4 is 11.9 Å². The molecule has 3 aromatic carbocycles. The molecule has 0 radical (unpaired) electrons. The minimum atomic E-state index is -0.765. The molecule has 5 heteroatoms. The number of hydrogen-bond donors (Lipinski definition) is 1. The highest BCUT2D eigenvalue weighted by Crippen LogP contribution is 2.22. The minimum Gasteiger partial charge on any atom is -0.484 e. The topological polar surface area (TPSA) is 64.6 Å². The number of nitrogens with one attached hydrogen (secondary N) is 1. The third kappa shape index (κ3) is 5.94. The Morgan fingerprint density at radius 2 is 1.41 bits per heavy atom. The fourth-order valence-electron chi connectivity index (χ4n) is 2.94. The largest absolute Gasteiger partial charge is 0.484 e. The van der Waals surface area contributed by atoms with Crippen LogP contribution in [0, 0.1) is 0 Å². The van der Waals surface area contributed by atoms with Crippen molar-refractivity contribution in [3.05, 3.63) is 90.5 Å². The van der Waals surface area contributed by atoms with E-state index in [1.165, 1.54) is 7.11 Å². The monoisotopic (exact) mass is 389 g/mol. The van der Waals surface area contributed by atoms with Crippen LogP contribution in [0.25, 0.3) is 11.1 Å². The highest BCUT2D eigenvalue weighted by molar-refractivity contribution is 5.85.